The van der Waals surface area contributed by atoms with E-state index in [1.54, 1.807) is 0 Å². The minimum absolute atomic E-state index is 0.286. The summed E-state index contributed by atoms with van der Waals surface area (Å²) in [4.78, 5) is 0. The maximum Gasteiger partial charge on any atom is 0.494 e. The third-order valence-electron chi connectivity index (χ3n) is 4.65. The number of para-hydroxylation sites is 1. The Morgan fingerprint density at radius 1 is 0.958 bits per heavy atom. The second-order valence-electron chi connectivity index (χ2n) is 7.08. The second kappa shape index (κ2) is 6.23. The lowest BCUT2D eigenvalue weighted by Crippen LogP contribution is -2.41. The topological polar surface area (TPSA) is 27.7 Å². The van der Waals surface area contributed by atoms with Crippen molar-refractivity contribution in [3.8, 4) is 5.75 Å². The molecular formula is C19H22BFO3. The minimum Gasteiger partial charge on any atom is -0.489 e. The van der Waals surface area contributed by atoms with Gasteiger partial charge in [-0.3, -0.25) is 0 Å². The van der Waals surface area contributed by atoms with Crippen molar-refractivity contribution < 1.29 is 18.4 Å². The molecule has 0 aliphatic carbocycles. The van der Waals surface area contributed by atoms with Gasteiger partial charge in [-0.2, -0.15) is 0 Å². The summed E-state index contributed by atoms with van der Waals surface area (Å²) >= 11 is 0. The summed E-state index contributed by atoms with van der Waals surface area (Å²) in [6.07, 6.45) is 0. The van der Waals surface area contributed by atoms with Crippen molar-refractivity contribution >= 4 is 12.6 Å². The molecule has 0 radical (unpaired) electrons. The van der Waals surface area contributed by atoms with Crippen molar-refractivity contribution in [3.05, 3.63) is 59.9 Å². The Hall–Kier alpha value is -1.85. The Morgan fingerprint density at radius 3 is 2.21 bits per heavy atom. The first-order valence-electron chi connectivity index (χ1n) is 8.10. The van der Waals surface area contributed by atoms with Gasteiger partial charge in [-0.15, -0.1) is 0 Å². The van der Waals surface area contributed by atoms with Gasteiger partial charge in [-0.05, 0) is 63.0 Å². The van der Waals surface area contributed by atoms with Crippen LogP contribution in [-0.2, 0) is 15.9 Å². The molecule has 24 heavy (non-hydrogen) atoms. The molecule has 0 bridgehead atoms. The Labute approximate surface area is 142 Å². The van der Waals surface area contributed by atoms with Crippen LogP contribution in [0.4, 0.5) is 4.39 Å². The van der Waals surface area contributed by atoms with Crippen molar-refractivity contribution in [2.24, 2.45) is 0 Å². The molecule has 0 unspecified atom stereocenters. The van der Waals surface area contributed by atoms with Crippen molar-refractivity contribution in [2.75, 3.05) is 0 Å². The van der Waals surface area contributed by atoms with Crippen LogP contribution in [0.25, 0.3) is 0 Å². The normalized spacial score (nSPS) is 18.6. The maximum atomic E-state index is 14.0. The van der Waals surface area contributed by atoms with E-state index < -0.39 is 18.3 Å². The van der Waals surface area contributed by atoms with Crippen LogP contribution in [-0.4, -0.2) is 18.3 Å². The molecule has 1 aliphatic rings. The van der Waals surface area contributed by atoms with E-state index in [4.69, 9.17) is 14.0 Å². The predicted octanol–water partition coefficient (Wildman–Crippen LogP) is 3.70. The van der Waals surface area contributed by atoms with Crippen LogP contribution in [0.5, 0.6) is 5.75 Å². The summed E-state index contributed by atoms with van der Waals surface area (Å²) < 4.78 is 31.7. The van der Waals surface area contributed by atoms with Crippen LogP contribution in [0.1, 0.15) is 33.3 Å². The molecular weight excluding hydrogens is 306 g/mol. The molecule has 0 saturated carbocycles. The molecule has 0 spiro atoms. The fourth-order valence-corrected chi connectivity index (χ4v) is 2.56. The monoisotopic (exact) mass is 328 g/mol. The number of rotatable bonds is 4. The predicted molar refractivity (Wildman–Crippen MR) is 92.9 cm³/mol. The number of hydrogen-bond donors (Lipinski definition) is 0. The van der Waals surface area contributed by atoms with E-state index in [2.05, 4.69) is 0 Å². The number of halogens is 1. The van der Waals surface area contributed by atoms with Crippen LogP contribution < -0.4 is 10.2 Å². The van der Waals surface area contributed by atoms with Crippen molar-refractivity contribution in [3.63, 3.8) is 0 Å². The highest BCUT2D eigenvalue weighted by molar-refractivity contribution is 6.62. The van der Waals surface area contributed by atoms with E-state index in [0.29, 0.717) is 5.46 Å². The van der Waals surface area contributed by atoms with Crippen LogP contribution in [0.2, 0.25) is 0 Å². The molecule has 5 heteroatoms. The first-order valence-corrected chi connectivity index (χ1v) is 8.10. The lowest BCUT2D eigenvalue weighted by Gasteiger charge is -2.32. The zero-order valence-corrected chi connectivity index (χ0v) is 14.5. The lowest BCUT2D eigenvalue weighted by molar-refractivity contribution is 0.00578. The SMILES string of the molecule is CC1(C)OB(c2cc(F)cc(COc3ccccc3)c2)OC1(C)C. The number of benzene rings is 2. The summed E-state index contributed by atoms with van der Waals surface area (Å²) in [5.74, 6) is 0.424. The van der Waals surface area contributed by atoms with Gasteiger partial charge in [0, 0.05) is 0 Å². The molecule has 1 heterocycles. The van der Waals surface area contributed by atoms with Crippen LogP contribution in [0.3, 0.4) is 0 Å². The zero-order chi connectivity index (χ0) is 17.4. The smallest absolute Gasteiger partial charge is 0.489 e. The number of ether oxygens (including phenoxy) is 1. The quantitative estimate of drug-likeness (QED) is 0.801. The lowest BCUT2D eigenvalue weighted by atomic mass is 9.78. The fourth-order valence-electron chi connectivity index (χ4n) is 2.56. The summed E-state index contributed by atoms with van der Waals surface area (Å²) in [5, 5.41) is 0. The van der Waals surface area contributed by atoms with Gasteiger partial charge in [-0.25, -0.2) is 4.39 Å². The van der Waals surface area contributed by atoms with Gasteiger partial charge < -0.3 is 14.0 Å². The van der Waals surface area contributed by atoms with Crippen LogP contribution in [0, 0.1) is 5.82 Å². The molecule has 1 aliphatic heterocycles. The molecule has 3 nitrogen and oxygen atoms in total. The molecule has 126 valence electrons. The Balaban J connectivity index is 1.77. The minimum atomic E-state index is -0.582. The van der Waals surface area contributed by atoms with Gasteiger partial charge in [-0.1, -0.05) is 24.3 Å². The molecule has 1 fully saturated rings. The first-order chi connectivity index (χ1) is 11.3. The van der Waals surface area contributed by atoms with E-state index in [9.17, 15) is 4.39 Å². The van der Waals surface area contributed by atoms with Gasteiger partial charge >= 0.3 is 7.12 Å². The number of hydrogen-bond acceptors (Lipinski definition) is 3. The Morgan fingerprint density at radius 2 is 1.58 bits per heavy atom. The second-order valence-corrected chi connectivity index (χ2v) is 7.08. The molecule has 3 rings (SSSR count). The summed E-state index contributed by atoms with van der Waals surface area (Å²) in [5.41, 5.74) is 0.499. The van der Waals surface area contributed by atoms with E-state index in [0.717, 1.165) is 11.3 Å². The van der Waals surface area contributed by atoms with E-state index in [1.807, 2.05) is 64.1 Å². The van der Waals surface area contributed by atoms with E-state index in [1.165, 1.54) is 12.1 Å². The Kier molecular flexibility index (Phi) is 4.41. The highest BCUT2D eigenvalue weighted by atomic mass is 19.1. The van der Waals surface area contributed by atoms with Gasteiger partial charge in [0.1, 0.15) is 18.2 Å². The molecule has 1 saturated heterocycles. The third-order valence-corrected chi connectivity index (χ3v) is 4.65. The van der Waals surface area contributed by atoms with E-state index in [-0.39, 0.29) is 12.4 Å². The Bertz CT molecular complexity index is 700. The maximum absolute atomic E-state index is 14.0. The molecule has 0 aromatic heterocycles. The van der Waals surface area contributed by atoms with E-state index >= 15 is 0 Å². The average molecular weight is 328 g/mol. The van der Waals surface area contributed by atoms with Crippen LogP contribution in [0.15, 0.2) is 48.5 Å². The van der Waals surface area contributed by atoms with Gasteiger partial charge in [0.05, 0.1) is 11.2 Å². The summed E-state index contributed by atoms with van der Waals surface area (Å²) in [7, 11) is -0.582. The summed E-state index contributed by atoms with van der Waals surface area (Å²) in [6, 6.07) is 14.3. The molecule has 0 amide bonds. The van der Waals surface area contributed by atoms with Crippen molar-refractivity contribution in [1.29, 1.82) is 0 Å². The molecule has 0 N–H and O–H groups in total. The van der Waals surface area contributed by atoms with Gasteiger partial charge in [0.25, 0.3) is 0 Å². The third kappa shape index (κ3) is 3.47. The molecule has 2 aromatic rings. The van der Waals surface area contributed by atoms with Crippen molar-refractivity contribution in [2.45, 2.75) is 45.5 Å². The zero-order valence-electron chi connectivity index (χ0n) is 14.5. The van der Waals surface area contributed by atoms with Crippen molar-refractivity contribution in [1.82, 2.24) is 0 Å². The highest BCUT2D eigenvalue weighted by Gasteiger charge is 2.51. The first kappa shape index (κ1) is 17.0. The van der Waals surface area contributed by atoms with Gasteiger partial charge in [0.2, 0.25) is 0 Å². The largest absolute Gasteiger partial charge is 0.494 e. The highest BCUT2D eigenvalue weighted by Crippen LogP contribution is 2.36. The average Bonchev–Trinajstić information content (AvgIpc) is 2.74. The molecule has 0 atom stereocenters. The fraction of sp³-hybridized carbons (Fsp3) is 0.368. The standard InChI is InChI=1S/C19H22BFO3/c1-18(2)19(3,4)24-20(23-18)15-10-14(11-16(21)12-15)13-22-17-8-6-5-7-9-17/h5-12H,13H2,1-4H3. The van der Waals surface area contributed by atoms with Crippen LogP contribution >= 0.6 is 0 Å². The molecule has 2 aromatic carbocycles. The van der Waals surface area contributed by atoms with Gasteiger partial charge in [0.15, 0.2) is 0 Å². The summed E-state index contributed by atoms with van der Waals surface area (Å²) in [6.45, 7) is 8.20.